The van der Waals surface area contributed by atoms with Gasteiger partial charge in [-0.05, 0) is 60.2 Å². The molecule has 0 aromatic heterocycles. The van der Waals surface area contributed by atoms with Crippen LogP contribution < -0.4 is 14.4 Å². The molecule has 1 amide bonds. The molecule has 0 saturated carbocycles. The molecular weight excluding hydrogens is 613 g/mol. The Hall–Kier alpha value is -2.87. The zero-order valence-electron chi connectivity index (χ0n) is 22.1. The maximum atomic E-state index is 12.7. The predicted molar refractivity (Wildman–Crippen MR) is 158 cm³/mol. The SMILES string of the molecule is CS(=O)(=O)N(Cc1ccc(C(=O)NCCOc2ccc(S(=O)(=O)N3CCOCC3)cc2)cc1)c1cc(Cl)cc(Cl)c1. The largest absolute Gasteiger partial charge is 0.492 e. The molecule has 10 nitrogen and oxygen atoms in total. The quantitative estimate of drug-likeness (QED) is 0.316. The average Bonchev–Trinajstić information content (AvgIpc) is 2.94. The molecule has 0 spiro atoms. The second-order valence-electron chi connectivity index (χ2n) is 9.19. The van der Waals surface area contributed by atoms with Crippen molar-refractivity contribution in [3.05, 3.63) is 87.9 Å². The van der Waals surface area contributed by atoms with E-state index < -0.39 is 20.0 Å². The number of anilines is 1. The Morgan fingerprint density at radius 2 is 1.56 bits per heavy atom. The molecule has 0 unspecified atom stereocenters. The van der Waals surface area contributed by atoms with Gasteiger partial charge in [-0.15, -0.1) is 0 Å². The van der Waals surface area contributed by atoms with E-state index in [9.17, 15) is 21.6 Å². The highest BCUT2D eigenvalue weighted by molar-refractivity contribution is 7.92. The van der Waals surface area contributed by atoms with Crippen molar-refractivity contribution in [3.63, 3.8) is 0 Å². The fourth-order valence-corrected chi connectivity index (χ4v) is 6.88. The van der Waals surface area contributed by atoms with E-state index in [4.69, 9.17) is 32.7 Å². The summed E-state index contributed by atoms with van der Waals surface area (Å²) in [6, 6.07) is 17.2. The van der Waals surface area contributed by atoms with Gasteiger partial charge in [0.25, 0.3) is 5.91 Å². The van der Waals surface area contributed by atoms with Gasteiger partial charge in [0, 0.05) is 28.7 Å². The Labute approximate surface area is 249 Å². The van der Waals surface area contributed by atoms with Crippen LogP contribution in [-0.2, 0) is 31.3 Å². The zero-order valence-corrected chi connectivity index (χ0v) is 25.3. The fourth-order valence-electron chi connectivity index (χ4n) is 4.09. The molecule has 14 heteroatoms. The second kappa shape index (κ2) is 13.4. The standard InChI is InChI=1S/C27H29Cl2N3O7S2/c1-40(34,35)32(24-17-22(28)16-23(29)18-24)19-20-2-4-21(5-3-20)27(33)30-10-13-39-25-6-8-26(9-7-25)41(36,37)31-11-14-38-15-12-31/h2-9,16-18H,10-15,19H2,1H3,(H,30,33). The number of ether oxygens (including phenoxy) is 2. The number of nitrogens with one attached hydrogen (secondary N) is 1. The van der Waals surface area contributed by atoms with Crippen molar-refractivity contribution in [3.8, 4) is 5.75 Å². The van der Waals surface area contributed by atoms with E-state index in [1.54, 1.807) is 36.4 Å². The Morgan fingerprint density at radius 3 is 2.15 bits per heavy atom. The molecule has 1 saturated heterocycles. The normalized spacial score (nSPS) is 14.4. The second-order valence-corrected chi connectivity index (χ2v) is 13.9. The van der Waals surface area contributed by atoms with Gasteiger partial charge in [-0.25, -0.2) is 16.8 Å². The lowest BCUT2D eigenvalue weighted by molar-refractivity contribution is 0.0730. The van der Waals surface area contributed by atoms with E-state index in [1.807, 2.05) is 0 Å². The van der Waals surface area contributed by atoms with Gasteiger partial charge in [0.05, 0.1) is 43.1 Å². The van der Waals surface area contributed by atoms with Crippen LogP contribution in [-0.4, -0.2) is 72.8 Å². The lowest BCUT2D eigenvalue weighted by atomic mass is 10.1. The van der Waals surface area contributed by atoms with Gasteiger partial charge in [0.15, 0.2) is 0 Å². The molecule has 220 valence electrons. The van der Waals surface area contributed by atoms with Crippen molar-refractivity contribution in [2.45, 2.75) is 11.4 Å². The van der Waals surface area contributed by atoms with E-state index in [2.05, 4.69) is 5.32 Å². The smallest absolute Gasteiger partial charge is 0.251 e. The third-order valence-electron chi connectivity index (χ3n) is 6.17. The van der Waals surface area contributed by atoms with Crippen molar-refractivity contribution in [1.29, 1.82) is 0 Å². The Morgan fingerprint density at radius 1 is 0.951 bits per heavy atom. The number of carbonyl (C=O) groups excluding carboxylic acids is 1. The van der Waals surface area contributed by atoms with Crippen LogP contribution in [0, 0.1) is 0 Å². The molecule has 3 aromatic carbocycles. The van der Waals surface area contributed by atoms with Gasteiger partial charge in [0.1, 0.15) is 12.4 Å². The first-order chi connectivity index (χ1) is 19.4. The number of hydrogen-bond acceptors (Lipinski definition) is 7. The highest BCUT2D eigenvalue weighted by Gasteiger charge is 2.26. The van der Waals surface area contributed by atoms with Crippen molar-refractivity contribution >= 4 is 54.8 Å². The molecule has 0 bridgehead atoms. The molecular formula is C27H29Cl2N3O7S2. The summed E-state index contributed by atoms with van der Waals surface area (Å²) in [4.78, 5) is 12.7. The molecule has 1 fully saturated rings. The topological polar surface area (TPSA) is 122 Å². The van der Waals surface area contributed by atoms with Gasteiger partial charge in [-0.1, -0.05) is 35.3 Å². The van der Waals surface area contributed by atoms with Crippen LogP contribution in [0.2, 0.25) is 10.0 Å². The van der Waals surface area contributed by atoms with Crippen LogP contribution in [0.3, 0.4) is 0 Å². The number of benzene rings is 3. The number of amides is 1. The van der Waals surface area contributed by atoms with E-state index in [0.717, 1.165) is 6.26 Å². The third-order valence-corrected chi connectivity index (χ3v) is 9.66. The van der Waals surface area contributed by atoms with Crippen LogP contribution in [0.4, 0.5) is 5.69 Å². The molecule has 0 radical (unpaired) electrons. The number of rotatable bonds is 11. The fraction of sp³-hybridized carbons (Fsp3) is 0.296. The summed E-state index contributed by atoms with van der Waals surface area (Å²) in [5.74, 6) is 0.148. The maximum Gasteiger partial charge on any atom is 0.251 e. The van der Waals surface area contributed by atoms with Gasteiger partial charge in [0.2, 0.25) is 20.0 Å². The molecule has 1 heterocycles. The lowest BCUT2D eigenvalue weighted by Gasteiger charge is -2.26. The highest BCUT2D eigenvalue weighted by atomic mass is 35.5. The molecule has 0 atom stereocenters. The minimum atomic E-state index is -3.64. The summed E-state index contributed by atoms with van der Waals surface area (Å²) in [6.45, 7) is 1.80. The first kappa shape index (κ1) is 31.1. The van der Waals surface area contributed by atoms with Crippen LogP contribution in [0.5, 0.6) is 5.75 Å². The highest BCUT2D eigenvalue weighted by Crippen LogP contribution is 2.28. The van der Waals surface area contributed by atoms with Gasteiger partial charge in [-0.3, -0.25) is 9.10 Å². The van der Waals surface area contributed by atoms with Gasteiger partial charge in [-0.2, -0.15) is 4.31 Å². The molecule has 3 aromatic rings. The van der Waals surface area contributed by atoms with Crippen molar-refractivity contribution in [2.75, 3.05) is 50.0 Å². The number of hydrogen-bond donors (Lipinski definition) is 1. The first-order valence-electron chi connectivity index (χ1n) is 12.6. The molecule has 41 heavy (non-hydrogen) atoms. The summed E-state index contributed by atoms with van der Waals surface area (Å²) in [5, 5.41) is 3.38. The number of morpholine rings is 1. The van der Waals surface area contributed by atoms with E-state index in [-0.39, 0.29) is 30.5 Å². The van der Waals surface area contributed by atoms with Crippen molar-refractivity contribution < 1.29 is 31.1 Å². The maximum absolute atomic E-state index is 12.7. The Kier molecular flexibility index (Phi) is 10.2. The van der Waals surface area contributed by atoms with E-state index in [1.165, 1.54) is 38.9 Å². The summed E-state index contributed by atoms with van der Waals surface area (Å²) in [6.07, 6.45) is 1.09. The van der Waals surface area contributed by atoms with E-state index in [0.29, 0.717) is 58.9 Å². The lowest BCUT2D eigenvalue weighted by Crippen LogP contribution is -2.40. The first-order valence-corrected chi connectivity index (χ1v) is 16.6. The molecule has 1 aliphatic rings. The number of carbonyl (C=O) groups is 1. The van der Waals surface area contributed by atoms with Crippen LogP contribution >= 0.6 is 23.2 Å². The van der Waals surface area contributed by atoms with Crippen LogP contribution in [0.25, 0.3) is 0 Å². The Bertz CT molecular complexity index is 1560. The molecule has 4 rings (SSSR count). The minimum Gasteiger partial charge on any atom is -0.492 e. The zero-order chi connectivity index (χ0) is 29.6. The number of sulfonamides is 2. The molecule has 1 N–H and O–H groups in total. The summed E-state index contributed by atoms with van der Waals surface area (Å²) < 4.78 is 63.7. The van der Waals surface area contributed by atoms with Crippen molar-refractivity contribution in [1.82, 2.24) is 9.62 Å². The number of nitrogens with zero attached hydrogens (tertiary/aromatic N) is 2. The summed E-state index contributed by atoms with van der Waals surface area (Å²) in [5.41, 5.74) is 1.38. The van der Waals surface area contributed by atoms with E-state index >= 15 is 0 Å². The number of halogens is 2. The summed E-state index contributed by atoms with van der Waals surface area (Å²) >= 11 is 12.1. The third kappa shape index (κ3) is 8.34. The summed E-state index contributed by atoms with van der Waals surface area (Å²) in [7, 11) is -7.23. The predicted octanol–water partition coefficient (Wildman–Crippen LogP) is 3.79. The van der Waals surface area contributed by atoms with Crippen molar-refractivity contribution in [2.24, 2.45) is 0 Å². The monoisotopic (exact) mass is 641 g/mol. The Balaban J connectivity index is 1.28. The molecule has 1 aliphatic heterocycles. The minimum absolute atomic E-state index is 0.0256. The van der Waals surface area contributed by atoms with Crippen LogP contribution in [0.1, 0.15) is 15.9 Å². The average molecular weight is 643 g/mol. The van der Waals surface area contributed by atoms with Crippen LogP contribution in [0.15, 0.2) is 71.6 Å². The molecule has 0 aliphatic carbocycles. The van der Waals surface area contributed by atoms with Gasteiger partial charge >= 0.3 is 0 Å². The van der Waals surface area contributed by atoms with Gasteiger partial charge < -0.3 is 14.8 Å².